The summed E-state index contributed by atoms with van der Waals surface area (Å²) in [5.74, 6) is -0.695. The van der Waals surface area contributed by atoms with Gasteiger partial charge in [0.15, 0.2) is 5.78 Å². The molecule has 2 rings (SSSR count). The van der Waals surface area contributed by atoms with E-state index in [2.05, 4.69) is 10.6 Å². The zero-order chi connectivity index (χ0) is 13.7. The molecule has 0 radical (unpaired) electrons. The van der Waals surface area contributed by atoms with Crippen molar-refractivity contribution in [3.05, 3.63) is 35.9 Å². The third-order valence-electron chi connectivity index (χ3n) is 2.66. The normalized spacial score (nSPS) is 18.0. The average molecular weight is 262 g/mol. The maximum absolute atomic E-state index is 11.6. The van der Waals surface area contributed by atoms with Gasteiger partial charge in [-0.15, -0.1) is 0 Å². The molecule has 1 saturated heterocycles. The number of hydrogen-bond donors (Lipinski definition) is 2. The lowest BCUT2D eigenvalue weighted by molar-refractivity contribution is -0.128. The summed E-state index contributed by atoms with van der Waals surface area (Å²) in [4.78, 5) is 33.7. The molecule has 0 aromatic heterocycles. The highest BCUT2D eigenvalue weighted by Gasteiger charge is 2.30. The molecular formula is C13H14N2O4. The van der Waals surface area contributed by atoms with Crippen molar-refractivity contribution in [3.8, 4) is 0 Å². The molecule has 0 spiro atoms. The summed E-state index contributed by atoms with van der Waals surface area (Å²) in [6, 6.07) is 8.13. The number of amides is 3. The molecule has 1 aliphatic heterocycles. The summed E-state index contributed by atoms with van der Waals surface area (Å²) in [6.45, 7) is 0.268. The van der Waals surface area contributed by atoms with Gasteiger partial charge in [0, 0.05) is 6.42 Å². The van der Waals surface area contributed by atoms with E-state index < -0.39 is 18.0 Å². The Hall–Kier alpha value is -2.21. The van der Waals surface area contributed by atoms with Crippen LogP contribution in [0.3, 0.4) is 0 Å². The number of benzene rings is 1. The van der Waals surface area contributed by atoms with Gasteiger partial charge in [-0.1, -0.05) is 30.3 Å². The number of hydrogen-bond acceptors (Lipinski definition) is 4. The van der Waals surface area contributed by atoms with Crippen LogP contribution in [0.2, 0.25) is 0 Å². The van der Waals surface area contributed by atoms with Crippen LogP contribution in [0.25, 0.3) is 0 Å². The molecule has 3 amide bonds. The first-order valence-corrected chi connectivity index (χ1v) is 5.90. The van der Waals surface area contributed by atoms with E-state index in [0.717, 1.165) is 5.56 Å². The average Bonchev–Trinajstić information content (AvgIpc) is 2.69. The van der Waals surface area contributed by atoms with Crippen LogP contribution < -0.4 is 10.6 Å². The molecule has 1 aromatic carbocycles. The topological polar surface area (TPSA) is 84.5 Å². The van der Waals surface area contributed by atoms with Gasteiger partial charge in [0.05, 0.1) is 6.61 Å². The number of urea groups is 1. The quantitative estimate of drug-likeness (QED) is 0.725. The van der Waals surface area contributed by atoms with Gasteiger partial charge in [-0.05, 0) is 5.56 Å². The fraction of sp³-hybridized carbons (Fsp3) is 0.308. The first-order chi connectivity index (χ1) is 9.15. The number of Topliss-reactive ketones (excluding diaryl/α,β-unsaturated/α-hetero) is 1. The highest BCUT2D eigenvalue weighted by molar-refractivity contribution is 6.05. The smallest absolute Gasteiger partial charge is 0.322 e. The summed E-state index contributed by atoms with van der Waals surface area (Å²) < 4.78 is 5.26. The predicted octanol–water partition coefficient (Wildman–Crippen LogP) is 0.370. The molecule has 6 heteroatoms. The molecule has 1 aliphatic rings. The number of ketones is 1. The molecule has 1 fully saturated rings. The van der Waals surface area contributed by atoms with Crippen molar-refractivity contribution < 1.29 is 19.1 Å². The van der Waals surface area contributed by atoms with Crippen molar-refractivity contribution in [1.29, 1.82) is 0 Å². The zero-order valence-electron chi connectivity index (χ0n) is 10.2. The highest BCUT2D eigenvalue weighted by atomic mass is 16.5. The molecule has 2 N–H and O–H groups in total. The minimum atomic E-state index is -0.777. The van der Waals surface area contributed by atoms with Gasteiger partial charge in [-0.25, -0.2) is 4.79 Å². The standard InChI is InChI=1S/C13H14N2O4/c16-10(6-11-12(17)15-13(18)14-11)8-19-7-9-4-2-1-3-5-9/h1-5,11H,6-8H2,(H2,14,15,17,18). The SMILES string of the molecule is O=C(COCc1ccccc1)CC1NC(=O)NC1=O. The lowest BCUT2D eigenvalue weighted by Gasteiger charge is -2.07. The predicted molar refractivity (Wildman–Crippen MR) is 66.2 cm³/mol. The summed E-state index contributed by atoms with van der Waals surface area (Å²) >= 11 is 0. The lowest BCUT2D eigenvalue weighted by Crippen LogP contribution is -2.32. The van der Waals surface area contributed by atoms with E-state index in [9.17, 15) is 14.4 Å². The molecule has 1 heterocycles. The number of imide groups is 1. The Morgan fingerprint density at radius 1 is 1.21 bits per heavy atom. The molecule has 100 valence electrons. The van der Waals surface area contributed by atoms with E-state index >= 15 is 0 Å². The number of rotatable bonds is 6. The van der Waals surface area contributed by atoms with Crippen LogP contribution in [0.15, 0.2) is 30.3 Å². The third kappa shape index (κ3) is 3.89. The molecule has 1 aromatic rings. The van der Waals surface area contributed by atoms with Crippen molar-refractivity contribution >= 4 is 17.7 Å². The largest absolute Gasteiger partial charge is 0.369 e. The summed E-state index contributed by atoms with van der Waals surface area (Å²) in [7, 11) is 0. The molecular weight excluding hydrogens is 248 g/mol. The lowest BCUT2D eigenvalue weighted by atomic mass is 10.1. The second-order valence-electron chi connectivity index (χ2n) is 4.24. The van der Waals surface area contributed by atoms with Gasteiger partial charge in [0.25, 0.3) is 5.91 Å². The Morgan fingerprint density at radius 2 is 1.95 bits per heavy atom. The highest BCUT2D eigenvalue weighted by Crippen LogP contribution is 2.03. The maximum Gasteiger partial charge on any atom is 0.322 e. The van der Waals surface area contributed by atoms with Gasteiger partial charge in [0.2, 0.25) is 0 Å². The molecule has 6 nitrogen and oxygen atoms in total. The van der Waals surface area contributed by atoms with Crippen LogP contribution in [-0.2, 0) is 20.9 Å². The Balaban J connectivity index is 1.70. The van der Waals surface area contributed by atoms with Crippen molar-refractivity contribution in [2.45, 2.75) is 19.1 Å². The second kappa shape index (κ2) is 6.10. The molecule has 0 bridgehead atoms. The Morgan fingerprint density at radius 3 is 2.58 bits per heavy atom. The number of carbonyl (C=O) groups excluding carboxylic acids is 3. The fourth-order valence-electron chi connectivity index (χ4n) is 1.75. The first-order valence-electron chi connectivity index (χ1n) is 5.90. The summed E-state index contributed by atoms with van der Waals surface area (Å²) in [5, 5.41) is 4.44. The van der Waals surface area contributed by atoms with E-state index in [0.29, 0.717) is 6.61 Å². The van der Waals surface area contributed by atoms with Crippen LogP contribution in [-0.4, -0.2) is 30.4 Å². The molecule has 1 unspecified atom stereocenters. The number of ether oxygens (including phenoxy) is 1. The summed E-state index contributed by atoms with van der Waals surface area (Å²) in [5.41, 5.74) is 0.974. The van der Waals surface area contributed by atoms with E-state index in [1.54, 1.807) is 0 Å². The van der Waals surface area contributed by atoms with Gasteiger partial charge in [-0.3, -0.25) is 14.9 Å². The summed E-state index contributed by atoms with van der Waals surface area (Å²) in [6.07, 6.45) is -0.0492. The molecule has 0 saturated carbocycles. The second-order valence-corrected chi connectivity index (χ2v) is 4.24. The van der Waals surface area contributed by atoms with E-state index in [4.69, 9.17) is 4.74 Å². The minimum Gasteiger partial charge on any atom is -0.369 e. The fourth-order valence-corrected chi connectivity index (χ4v) is 1.75. The van der Waals surface area contributed by atoms with Crippen molar-refractivity contribution in [2.24, 2.45) is 0 Å². The first kappa shape index (κ1) is 13.2. The third-order valence-corrected chi connectivity index (χ3v) is 2.66. The van der Waals surface area contributed by atoms with Gasteiger partial charge < -0.3 is 10.1 Å². The Labute approximate surface area is 110 Å². The van der Waals surface area contributed by atoms with E-state index in [1.165, 1.54) is 0 Å². The van der Waals surface area contributed by atoms with Crippen LogP contribution in [0.5, 0.6) is 0 Å². The van der Waals surface area contributed by atoms with Gasteiger partial charge >= 0.3 is 6.03 Å². The van der Waals surface area contributed by atoms with Crippen LogP contribution in [0, 0.1) is 0 Å². The van der Waals surface area contributed by atoms with Gasteiger partial charge in [0.1, 0.15) is 12.6 Å². The number of carbonyl (C=O) groups is 3. The molecule has 19 heavy (non-hydrogen) atoms. The monoisotopic (exact) mass is 262 g/mol. The van der Waals surface area contributed by atoms with Crippen LogP contribution >= 0.6 is 0 Å². The van der Waals surface area contributed by atoms with Crippen LogP contribution in [0.4, 0.5) is 4.79 Å². The maximum atomic E-state index is 11.6. The van der Waals surface area contributed by atoms with Crippen molar-refractivity contribution in [1.82, 2.24) is 10.6 Å². The molecule has 0 aliphatic carbocycles. The minimum absolute atomic E-state index is 0.0492. The number of nitrogens with one attached hydrogen (secondary N) is 2. The van der Waals surface area contributed by atoms with Crippen LogP contribution in [0.1, 0.15) is 12.0 Å². The molecule has 1 atom stereocenters. The van der Waals surface area contributed by atoms with E-state index in [1.807, 2.05) is 30.3 Å². The van der Waals surface area contributed by atoms with E-state index in [-0.39, 0.29) is 18.8 Å². The zero-order valence-corrected chi connectivity index (χ0v) is 10.2. The van der Waals surface area contributed by atoms with Gasteiger partial charge in [-0.2, -0.15) is 0 Å². The Kier molecular flexibility index (Phi) is 4.25. The van der Waals surface area contributed by atoms with Crippen molar-refractivity contribution in [2.75, 3.05) is 6.61 Å². The van der Waals surface area contributed by atoms with Crippen molar-refractivity contribution in [3.63, 3.8) is 0 Å². The Bertz CT molecular complexity index is 487.